The molecular weight excluding hydrogens is 168 g/mol. The van der Waals surface area contributed by atoms with Crippen molar-refractivity contribution in [2.45, 2.75) is 0 Å². The molecule has 1 aromatic heterocycles. The second kappa shape index (κ2) is 2.94. The molecule has 0 saturated heterocycles. The molecule has 0 aliphatic carbocycles. The number of benzene rings is 1. The maximum Gasteiger partial charge on any atom is 0.150 e. The number of methoxy groups -OCH3 is 1. The molecule has 3 nitrogen and oxygen atoms in total. The maximum atomic E-state index is 10.6. The summed E-state index contributed by atoms with van der Waals surface area (Å²) in [6.07, 6.45) is 3.97. The molecule has 1 aromatic carbocycles. The highest BCUT2D eigenvalue weighted by atomic mass is 16.5. The molecule has 13 heavy (non-hydrogen) atoms. The molecule has 0 bridgehead atoms. The molecule has 0 radical (unpaired) electrons. The molecule has 0 fully saturated rings. The molecule has 2 aromatic rings. The zero-order valence-corrected chi connectivity index (χ0v) is 7.11. The third-order valence-electron chi connectivity index (χ3n) is 1.93. The van der Waals surface area contributed by atoms with Crippen molar-refractivity contribution in [3.63, 3.8) is 0 Å². The number of ether oxygens (including phenoxy) is 1. The van der Waals surface area contributed by atoms with Gasteiger partial charge in [0.05, 0.1) is 18.8 Å². The van der Waals surface area contributed by atoms with Gasteiger partial charge in [0.1, 0.15) is 18.3 Å². The average molecular weight is 176 g/mol. The molecular formula is C10H8O3. The summed E-state index contributed by atoms with van der Waals surface area (Å²) in [5, 5.41) is 1.76. The van der Waals surface area contributed by atoms with Crippen LogP contribution in [0.1, 0.15) is 10.4 Å². The Morgan fingerprint density at radius 3 is 2.92 bits per heavy atom. The first kappa shape index (κ1) is 7.86. The Kier molecular flexibility index (Phi) is 1.77. The van der Waals surface area contributed by atoms with E-state index in [0.29, 0.717) is 11.3 Å². The zero-order chi connectivity index (χ0) is 9.26. The number of hydrogen-bond acceptors (Lipinski definition) is 3. The maximum absolute atomic E-state index is 10.6. The van der Waals surface area contributed by atoms with Gasteiger partial charge in [-0.3, -0.25) is 4.79 Å². The first-order chi connectivity index (χ1) is 6.35. The predicted molar refractivity (Wildman–Crippen MR) is 48.2 cm³/mol. The summed E-state index contributed by atoms with van der Waals surface area (Å²) in [5.41, 5.74) is 0.589. The minimum Gasteiger partial charge on any atom is -0.496 e. The van der Waals surface area contributed by atoms with Gasteiger partial charge >= 0.3 is 0 Å². The monoisotopic (exact) mass is 176 g/mol. The summed E-state index contributed by atoms with van der Waals surface area (Å²) in [5.74, 6) is 0.661. The molecule has 0 saturated carbocycles. The number of carbonyl (C=O) groups excluding carboxylic acids is 1. The van der Waals surface area contributed by atoms with E-state index in [4.69, 9.17) is 9.15 Å². The Morgan fingerprint density at radius 1 is 1.38 bits per heavy atom. The van der Waals surface area contributed by atoms with Crippen LogP contribution < -0.4 is 4.74 Å². The van der Waals surface area contributed by atoms with E-state index in [9.17, 15) is 4.79 Å². The van der Waals surface area contributed by atoms with E-state index in [2.05, 4.69) is 0 Å². The second-order valence-electron chi connectivity index (χ2n) is 2.72. The van der Waals surface area contributed by atoms with Crippen LogP contribution in [0, 0.1) is 0 Å². The van der Waals surface area contributed by atoms with Crippen molar-refractivity contribution in [3.8, 4) is 5.75 Å². The summed E-state index contributed by atoms with van der Waals surface area (Å²) >= 11 is 0. The third-order valence-corrected chi connectivity index (χ3v) is 1.93. The van der Waals surface area contributed by atoms with E-state index in [1.165, 1.54) is 0 Å². The van der Waals surface area contributed by atoms with Crippen LogP contribution in [0.4, 0.5) is 0 Å². The van der Waals surface area contributed by atoms with Crippen LogP contribution in [0.15, 0.2) is 29.1 Å². The summed E-state index contributed by atoms with van der Waals surface area (Å²) in [6.45, 7) is 0. The third kappa shape index (κ3) is 1.18. The lowest BCUT2D eigenvalue weighted by Gasteiger charge is -2.01. The van der Waals surface area contributed by atoms with Gasteiger partial charge in [-0.05, 0) is 12.1 Å². The molecule has 0 N–H and O–H groups in total. The van der Waals surface area contributed by atoms with Crippen molar-refractivity contribution in [2.75, 3.05) is 7.11 Å². The second-order valence-corrected chi connectivity index (χ2v) is 2.72. The lowest BCUT2D eigenvalue weighted by molar-refractivity contribution is 0.112. The van der Waals surface area contributed by atoms with Gasteiger partial charge in [0, 0.05) is 10.9 Å². The number of fused-ring (bicyclic) bond motifs is 1. The van der Waals surface area contributed by atoms with Crippen LogP contribution in [0.5, 0.6) is 5.75 Å². The molecule has 3 heteroatoms. The van der Waals surface area contributed by atoms with Gasteiger partial charge in [-0.1, -0.05) is 0 Å². The normalized spacial score (nSPS) is 10.2. The van der Waals surface area contributed by atoms with E-state index < -0.39 is 0 Å². The topological polar surface area (TPSA) is 39.4 Å². The number of aldehydes is 1. The van der Waals surface area contributed by atoms with Crippen molar-refractivity contribution in [2.24, 2.45) is 0 Å². The summed E-state index contributed by atoms with van der Waals surface area (Å²) < 4.78 is 10.1. The van der Waals surface area contributed by atoms with Crippen molar-refractivity contribution in [1.29, 1.82) is 0 Å². The number of furan rings is 1. The molecule has 0 spiro atoms. The Labute approximate surface area is 74.9 Å². The van der Waals surface area contributed by atoms with Crippen molar-refractivity contribution < 1.29 is 13.9 Å². The first-order valence-corrected chi connectivity index (χ1v) is 3.84. The quantitative estimate of drug-likeness (QED) is 0.659. The minimum absolute atomic E-state index is 0.589. The SMILES string of the molecule is COc1cc(C=O)cc2cocc12. The van der Waals surface area contributed by atoms with Gasteiger partial charge in [-0.15, -0.1) is 0 Å². The van der Waals surface area contributed by atoms with Gasteiger partial charge in [0.15, 0.2) is 0 Å². The van der Waals surface area contributed by atoms with Gasteiger partial charge in [-0.2, -0.15) is 0 Å². The lowest BCUT2D eigenvalue weighted by atomic mass is 10.1. The highest BCUT2D eigenvalue weighted by Crippen LogP contribution is 2.27. The van der Waals surface area contributed by atoms with Crippen LogP contribution in [0.25, 0.3) is 10.8 Å². The molecule has 1 heterocycles. The number of rotatable bonds is 2. The largest absolute Gasteiger partial charge is 0.496 e. The molecule has 0 amide bonds. The Balaban J connectivity index is 2.77. The highest BCUT2D eigenvalue weighted by molar-refractivity contribution is 5.92. The van der Waals surface area contributed by atoms with Crippen LogP contribution in [0.2, 0.25) is 0 Å². The van der Waals surface area contributed by atoms with Crippen LogP contribution in [0.3, 0.4) is 0 Å². The summed E-state index contributed by atoms with van der Waals surface area (Å²) in [7, 11) is 1.57. The van der Waals surface area contributed by atoms with Crippen molar-refractivity contribution >= 4 is 17.1 Å². The standard InChI is InChI=1S/C10H8O3/c1-12-10-3-7(4-11)2-8-5-13-6-9(8)10/h2-6H,1H3. The zero-order valence-electron chi connectivity index (χ0n) is 7.11. The molecule has 0 unspecified atom stereocenters. The van der Waals surface area contributed by atoms with E-state index in [0.717, 1.165) is 17.1 Å². The molecule has 2 rings (SSSR count). The predicted octanol–water partition coefficient (Wildman–Crippen LogP) is 2.25. The van der Waals surface area contributed by atoms with Gasteiger partial charge in [-0.25, -0.2) is 0 Å². The lowest BCUT2D eigenvalue weighted by Crippen LogP contribution is -1.86. The van der Waals surface area contributed by atoms with Crippen LogP contribution >= 0.6 is 0 Å². The van der Waals surface area contributed by atoms with E-state index in [1.807, 2.05) is 0 Å². The molecule has 66 valence electrons. The van der Waals surface area contributed by atoms with Crippen molar-refractivity contribution in [3.05, 3.63) is 30.2 Å². The van der Waals surface area contributed by atoms with Gasteiger partial charge in [0.2, 0.25) is 0 Å². The average Bonchev–Trinajstić information content (AvgIpc) is 2.63. The highest BCUT2D eigenvalue weighted by Gasteiger charge is 2.05. The van der Waals surface area contributed by atoms with E-state index in [-0.39, 0.29) is 0 Å². The summed E-state index contributed by atoms with van der Waals surface area (Å²) in [4.78, 5) is 10.6. The van der Waals surface area contributed by atoms with Crippen LogP contribution in [-0.4, -0.2) is 13.4 Å². The molecule has 0 aliphatic rings. The van der Waals surface area contributed by atoms with Crippen LogP contribution in [-0.2, 0) is 0 Å². The number of hydrogen-bond donors (Lipinski definition) is 0. The Bertz CT molecular complexity index is 442. The fourth-order valence-electron chi connectivity index (χ4n) is 1.31. The van der Waals surface area contributed by atoms with Gasteiger partial charge in [0.25, 0.3) is 0 Å². The van der Waals surface area contributed by atoms with Crippen molar-refractivity contribution in [1.82, 2.24) is 0 Å². The van der Waals surface area contributed by atoms with E-state index in [1.54, 1.807) is 31.8 Å². The minimum atomic E-state index is 0.589. The first-order valence-electron chi connectivity index (χ1n) is 3.84. The Morgan fingerprint density at radius 2 is 2.23 bits per heavy atom. The smallest absolute Gasteiger partial charge is 0.150 e. The molecule has 0 atom stereocenters. The number of carbonyl (C=O) groups is 1. The summed E-state index contributed by atoms with van der Waals surface area (Å²) in [6, 6.07) is 3.44. The fourth-order valence-corrected chi connectivity index (χ4v) is 1.31. The van der Waals surface area contributed by atoms with E-state index >= 15 is 0 Å². The fraction of sp³-hybridized carbons (Fsp3) is 0.100. The Hall–Kier alpha value is -1.77. The molecule has 0 aliphatic heterocycles. The van der Waals surface area contributed by atoms with Gasteiger partial charge < -0.3 is 9.15 Å².